The maximum absolute atomic E-state index is 8.99. The number of methoxy groups -OCH3 is 1. The summed E-state index contributed by atoms with van der Waals surface area (Å²) in [7, 11) is 1.62. The van der Waals surface area contributed by atoms with E-state index in [-0.39, 0.29) is 0 Å². The molecule has 0 aliphatic rings. The number of rotatable bonds is 5. The molecule has 0 saturated carbocycles. The Labute approximate surface area is 128 Å². The molecule has 0 aliphatic heterocycles. The molecular weight excluding hydrogens is 276 g/mol. The van der Waals surface area contributed by atoms with Gasteiger partial charge >= 0.3 is 0 Å². The van der Waals surface area contributed by atoms with Crippen molar-refractivity contribution in [1.29, 1.82) is 5.26 Å². The Kier molecular flexibility index (Phi) is 3.97. The van der Waals surface area contributed by atoms with Gasteiger partial charge in [0.25, 0.3) is 0 Å². The maximum Gasteiger partial charge on any atom is 0.171 e. The minimum atomic E-state index is 0.328. The van der Waals surface area contributed by atoms with Gasteiger partial charge in [-0.05, 0) is 23.3 Å². The van der Waals surface area contributed by atoms with Crippen molar-refractivity contribution in [2.75, 3.05) is 7.11 Å². The van der Waals surface area contributed by atoms with Crippen molar-refractivity contribution >= 4 is 10.9 Å². The van der Waals surface area contributed by atoms with E-state index in [0.29, 0.717) is 24.5 Å². The zero-order chi connectivity index (χ0) is 15.4. The third-order valence-corrected chi connectivity index (χ3v) is 3.56. The van der Waals surface area contributed by atoms with Gasteiger partial charge in [0.05, 0.1) is 19.6 Å². The van der Waals surface area contributed by atoms with Crippen LogP contribution in [0.1, 0.15) is 11.1 Å². The second kappa shape index (κ2) is 6.23. The van der Waals surface area contributed by atoms with Gasteiger partial charge in [0.15, 0.2) is 11.5 Å². The predicted octanol–water partition coefficient (Wildman–Crippen LogP) is 3.82. The van der Waals surface area contributed by atoms with Crippen LogP contribution in [0.5, 0.6) is 11.5 Å². The molecule has 0 radical (unpaired) electrons. The molecule has 0 unspecified atom stereocenters. The second-order valence-corrected chi connectivity index (χ2v) is 4.94. The van der Waals surface area contributed by atoms with Crippen LogP contribution >= 0.6 is 0 Å². The molecule has 1 heterocycles. The number of nitrogens with zero attached hydrogens (tertiary/aromatic N) is 1. The average Bonchev–Trinajstić information content (AvgIpc) is 2.97. The van der Waals surface area contributed by atoms with Crippen LogP contribution in [0, 0.1) is 11.3 Å². The first-order valence-corrected chi connectivity index (χ1v) is 7.04. The lowest BCUT2D eigenvalue weighted by molar-refractivity contribution is 0.288. The van der Waals surface area contributed by atoms with Gasteiger partial charge in [-0.2, -0.15) is 5.26 Å². The Morgan fingerprint density at radius 1 is 1.14 bits per heavy atom. The summed E-state index contributed by atoms with van der Waals surface area (Å²) in [5, 5.41) is 9.90. The number of hydrogen-bond acceptors (Lipinski definition) is 3. The molecule has 22 heavy (non-hydrogen) atoms. The van der Waals surface area contributed by atoms with Crippen LogP contribution in [-0.4, -0.2) is 12.1 Å². The third kappa shape index (κ3) is 2.61. The van der Waals surface area contributed by atoms with Crippen LogP contribution in [0.3, 0.4) is 0 Å². The molecule has 4 heteroatoms. The smallest absolute Gasteiger partial charge is 0.171 e. The SMILES string of the molecule is COc1ccc2[nH]cc(CC#N)c2c1OCc1ccccc1. The molecule has 0 saturated heterocycles. The molecule has 0 bridgehead atoms. The third-order valence-electron chi connectivity index (χ3n) is 3.56. The first-order valence-electron chi connectivity index (χ1n) is 7.04. The van der Waals surface area contributed by atoms with E-state index in [0.717, 1.165) is 22.0 Å². The number of H-pyrrole nitrogens is 1. The standard InChI is InChI=1S/C18H16N2O2/c1-21-16-8-7-15-17(14(9-10-19)11-20-15)18(16)22-12-13-5-3-2-4-6-13/h2-8,11,20H,9,12H2,1H3. The predicted molar refractivity (Wildman–Crippen MR) is 84.9 cm³/mol. The zero-order valence-electron chi connectivity index (χ0n) is 12.3. The molecular formula is C18H16N2O2. The number of nitrogens with one attached hydrogen (secondary N) is 1. The summed E-state index contributed by atoms with van der Waals surface area (Å²) in [6.07, 6.45) is 2.18. The molecule has 4 nitrogen and oxygen atoms in total. The van der Waals surface area contributed by atoms with Gasteiger partial charge in [0.1, 0.15) is 6.61 Å². The van der Waals surface area contributed by atoms with Gasteiger partial charge in [0, 0.05) is 17.1 Å². The van der Waals surface area contributed by atoms with Gasteiger partial charge in [-0.25, -0.2) is 0 Å². The minimum absolute atomic E-state index is 0.328. The summed E-state index contributed by atoms with van der Waals surface area (Å²) in [6, 6.07) is 16.0. The van der Waals surface area contributed by atoms with E-state index in [2.05, 4.69) is 11.1 Å². The van der Waals surface area contributed by atoms with Crippen LogP contribution < -0.4 is 9.47 Å². The molecule has 3 aromatic rings. The van der Waals surface area contributed by atoms with Crippen LogP contribution in [0.2, 0.25) is 0 Å². The highest BCUT2D eigenvalue weighted by atomic mass is 16.5. The van der Waals surface area contributed by atoms with Crippen molar-refractivity contribution in [2.24, 2.45) is 0 Å². The van der Waals surface area contributed by atoms with Crippen molar-refractivity contribution in [3.05, 3.63) is 59.8 Å². The topological polar surface area (TPSA) is 58.0 Å². The Bertz CT molecular complexity index is 816. The summed E-state index contributed by atoms with van der Waals surface area (Å²) in [4.78, 5) is 3.18. The molecule has 1 N–H and O–H groups in total. The molecule has 2 aromatic carbocycles. The van der Waals surface area contributed by atoms with Gasteiger partial charge in [-0.3, -0.25) is 0 Å². The second-order valence-electron chi connectivity index (χ2n) is 4.94. The Hall–Kier alpha value is -2.93. The fourth-order valence-corrected chi connectivity index (χ4v) is 2.50. The largest absolute Gasteiger partial charge is 0.493 e. The fraction of sp³-hybridized carbons (Fsp3) is 0.167. The van der Waals surface area contributed by atoms with E-state index in [1.165, 1.54) is 0 Å². The van der Waals surface area contributed by atoms with Gasteiger partial charge in [-0.15, -0.1) is 0 Å². The summed E-state index contributed by atoms with van der Waals surface area (Å²) < 4.78 is 11.4. The van der Waals surface area contributed by atoms with Crippen LogP contribution in [0.25, 0.3) is 10.9 Å². The van der Waals surface area contributed by atoms with E-state index in [1.54, 1.807) is 7.11 Å². The highest BCUT2D eigenvalue weighted by Gasteiger charge is 2.15. The number of hydrogen-bond donors (Lipinski definition) is 1. The molecule has 0 aliphatic carbocycles. The molecule has 0 fully saturated rings. The van der Waals surface area contributed by atoms with Crippen molar-refractivity contribution in [2.45, 2.75) is 13.0 Å². The van der Waals surface area contributed by atoms with Crippen LogP contribution in [0.4, 0.5) is 0 Å². The number of benzene rings is 2. The molecule has 0 spiro atoms. The van der Waals surface area contributed by atoms with Crippen molar-refractivity contribution < 1.29 is 9.47 Å². The summed E-state index contributed by atoms with van der Waals surface area (Å²) in [5.41, 5.74) is 2.94. The van der Waals surface area contributed by atoms with E-state index in [4.69, 9.17) is 14.7 Å². The number of ether oxygens (including phenoxy) is 2. The van der Waals surface area contributed by atoms with Gasteiger partial charge in [-0.1, -0.05) is 30.3 Å². The normalized spacial score (nSPS) is 10.4. The van der Waals surface area contributed by atoms with Gasteiger partial charge < -0.3 is 14.5 Å². The maximum atomic E-state index is 8.99. The van der Waals surface area contributed by atoms with E-state index in [9.17, 15) is 0 Å². The number of aromatic amines is 1. The summed E-state index contributed by atoms with van der Waals surface area (Å²) in [6.45, 7) is 0.452. The Balaban J connectivity index is 2.01. The Morgan fingerprint density at radius 3 is 2.68 bits per heavy atom. The highest BCUT2D eigenvalue weighted by Crippen LogP contribution is 2.38. The molecule has 3 rings (SSSR count). The van der Waals surface area contributed by atoms with Crippen LogP contribution in [0.15, 0.2) is 48.7 Å². The first-order chi connectivity index (χ1) is 10.8. The molecule has 0 atom stereocenters. The molecule has 1 aromatic heterocycles. The number of nitriles is 1. The minimum Gasteiger partial charge on any atom is -0.493 e. The quantitative estimate of drug-likeness (QED) is 0.777. The fourth-order valence-electron chi connectivity index (χ4n) is 2.50. The monoisotopic (exact) mass is 292 g/mol. The molecule has 110 valence electrons. The van der Waals surface area contributed by atoms with E-state index in [1.807, 2.05) is 48.7 Å². The van der Waals surface area contributed by atoms with E-state index >= 15 is 0 Å². The summed E-state index contributed by atoms with van der Waals surface area (Å²) >= 11 is 0. The van der Waals surface area contributed by atoms with E-state index < -0.39 is 0 Å². The first kappa shape index (κ1) is 14.0. The van der Waals surface area contributed by atoms with Crippen molar-refractivity contribution in [3.8, 4) is 17.6 Å². The Morgan fingerprint density at radius 2 is 1.95 bits per heavy atom. The lowest BCUT2D eigenvalue weighted by atomic mass is 10.1. The average molecular weight is 292 g/mol. The lowest BCUT2D eigenvalue weighted by Gasteiger charge is -2.13. The van der Waals surface area contributed by atoms with Crippen molar-refractivity contribution in [1.82, 2.24) is 4.98 Å². The van der Waals surface area contributed by atoms with Crippen molar-refractivity contribution in [3.63, 3.8) is 0 Å². The highest BCUT2D eigenvalue weighted by molar-refractivity contribution is 5.92. The number of aromatic nitrogens is 1. The molecule has 0 amide bonds. The number of fused-ring (bicyclic) bond motifs is 1. The summed E-state index contributed by atoms with van der Waals surface area (Å²) in [5.74, 6) is 1.34. The van der Waals surface area contributed by atoms with Crippen LogP contribution in [-0.2, 0) is 13.0 Å². The zero-order valence-corrected chi connectivity index (χ0v) is 12.3. The lowest BCUT2D eigenvalue weighted by Crippen LogP contribution is -1.98. The van der Waals surface area contributed by atoms with Gasteiger partial charge in [0.2, 0.25) is 0 Å².